The number of carbonyl (C=O) groups is 1. The zero-order chi connectivity index (χ0) is 10.6. The number of carbonyl (C=O) groups excluding carboxylic acids is 1. The second kappa shape index (κ2) is 4.75. The summed E-state index contributed by atoms with van der Waals surface area (Å²) in [6.07, 6.45) is 2.53. The van der Waals surface area contributed by atoms with E-state index in [-0.39, 0.29) is 17.7 Å². The molecule has 1 rings (SSSR count). The molecule has 1 amide bonds. The average Bonchev–Trinajstić information content (AvgIpc) is 2.06. The Morgan fingerprint density at radius 3 is 2.79 bits per heavy atom. The van der Waals surface area contributed by atoms with E-state index in [9.17, 15) is 13.2 Å². The predicted octanol–water partition coefficient (Wildman–Crippen LogP) is -1.10. The van der Waals surface area contributed by atoms with Gasteiger partial charge in [0.25, 0.3) is 0 Å². The Kier molecular flexibility index (Phi) is 3.88. The topological polar surface area (TPSA) is 75.3 Å². The normalized spacial score (nSPS) is 23.2. The van der Waals surface area contributed by atoms with Gasteiger partial charge in [-0.25, -0.2) is 8.42 Å². The number of hydrogen-bond acceptors (Lipinski definition) is 4. The van der Waals surface area contributed by atoms with Crippen molar-refractivity contribution in [1.82, 2.24) is 10.6 Å². The van der Waals surface area contributed by atoms with Crippen molar-refractivity contribution in [2.75, 3.05) is 25.1 Å². The summed E-state index contributed by atoms with van der Waals surface area (Å²) in [5, 5.41) is 5.83. The Bertz CT molecular complexity index is 290. The largest absolute Gasteiger partial charge is 0.355 e. The first-order valence-corrected chi connectivity index (χ1v) is 6.71. The molecule has 5 nitrogen and oxygen atoms in total. The van der Waals surface area contributed by atoms with Gasteiger partial charge in [0.05, 0.1) is 5.75 Å². The molecule has 0 aromatic heterocycles. The summed E-state index contributed by atoms with van der Waals surface area (Å²) in [5.41, 5.74) is 0. The maximum Gasteiger partial charge on any atom is 0.220 e. The third-order valence-electron chi connectivity index (χ3n) is 2.17. The Balaban J connectivity index is 2.17. The Labute approximate surface area is 84.2 Å². The third-order valence-corrected chi connectivity index (χ3v) is 3.12. The molecule has 0 radical (unpaired) electrons. The molecule has 1 unspecified atom stereocenters. The lowest BCUT2D eigenvalue weighted by Gasteiger charge is -2.23. The van der Waals surface area contributed by atoms with Crippen molar-refractivity contribution in [1.29, 1.82) is 0 Å². The van der Waals surface area contributed by atoms with Gasteiger partial charge in [-0.1, -0.05) is 0 Å². The fourth-order valence-corrected chi connectivity index (χ4v) is 1.84. The van der Waals surface area contributed by atoms with Crippen molar-refractivity contribution in [3.63, 3.8) is 0 Å². The quantitative estimate of drug-likeness (QED) is 0.630. The molecule has 6 heteroatoms. The molecule has 1 aliphatic heterocycles. The van der Waals surface area contributed by atoms with E-state index >= 15 is 0 Å². The molecule has 14 heavy (non-hydrogen) atoms. The van der Waals surface area contributed by atoms with Gasteiger partial charge in [0, 0.05) is 31.8 Å². The van der Waals surface area contributed by atoms with Crippen LogP contribution in [0.1, 0.15) is 12.8 Å². The van der Waals surface area contributed by atoms with E-state index in [1.807, 2.05) is 0 Å². The van der Waals surface area contributed by atoms with Crippen molar-refractivity contribution in [2.24, 2.45) is 0 Å². The molecule has 1 saturated heterocycles. The number of rotatable bonds is 4. The van der Waals surface area contributed by atoms with E-state index in [1.54, 1.807) is 0 Å². The van der Waals surface area contributed by atoms with Crippen LogP contribution in [0.4, 0.5) is 0 Å². The number of sulfone groups is 1. The summed E-state index contributed by atoms with van der Waals surface area (Å²) in [6.45, 7) is 1.06. The van der Waals surface area contributed by atoms with E-state index in [2.05, 4.69) is 10.6 Å². The van der Waals surface area contributed by atoms with Crippen LogP contribution in [-0.2, 0) is 14.6 Å². The summed E-state index contributed by atoms with van der Waals surface area (Å²) >= 11 is 0. The van der Waals surface area contributed by atoms with Gasteiger partial charge in [-0.15, -0.1) is 0 Å². The van der Waals surface area contributed by atoms with E-state index in [1.165, 1.54) is 6.26 Å². The van der Waals surface area contributed by atoms with Crippen LogP contribution in [0.3, 0.4) is 0 Å². The number of nitrogens with one attached hydrogen (secondary N) is 2. The predicted molar refractivity (Wildman–Crippen MR) is 53.7 cm³/mol. The molecular weight excluding hydrogens is 204 g/mol. The molecule has 82 valence electrons. The minimum Gasteiger partial charge on any atom is -0.355 e. The minimum absolute atomic E-state index is 0.0752. The van der Waals surface area contributed by atoms with Crippen molar-refractivity contribution in [2.45, 2.75) is 18.9 Å². The summed E-state index contributed by atoms with van der Waals surface area (Å²) in [6, 6.07) is 0.217. The summed E-state index contributed by atoms with van der Waals surface area (Å²) in [7, 11) is -2.89. The molecule has 0 spiro atoms. The standard InChI is InChI=1S/C8H16N2O3S/c1-14(12,13)5-4-9-7-2-3-8(11)10-6-7/h7,9H,2-6H2,1H3,(H,10,11). The van der Waals surface area contributed by atoms with Crippen molar-refractivity contribution < 1.29 is 13.2 Å². The first-order valence-electron chi connectivity index (χ1n) is 4.65. The molecule has 0 saturated carbocycles. The van der Waals surface area contributed by atoms with Crippen LogP contribution in [0.2, 0.25) is 0 Å². The SMILES string of the molecule is CS(=O)(=O)CCNC1CCC(=O)NC1. The highest BCUT2D eigenvalue weighted by atomic mass is 32.2. The molecule has 0 aliphatic carbocycles. The van der Waals surface area contributed by atoms with Gasteiger partial charge < -0.3 is 10.6 Å². The van der Waals surface area contributed by atoms with Gasteiger partial charge in [0.2, 0.25) is 5.91 Å². The summed E-state index contributed by atoms with van der Waals surface area (Å²) in [4.78, 5) is 10.8. The Morgan fingerprint density at radius 2 is 2.29 bits per heavy atom. The first kappa shape index (κ1) is 11.5. The van der Waals surface area contributed by atoms with Gasteiger partial charge in [-0.05, 0) is 6.42 Å². The summed E-state index contributed by atoms with van der Waals surface area (Å²) < 4.78 is 21.6. The second-order valence-electron chi connectivity index (χ2n) is 3.62. The fourth-order valence-electron chi connectivity index (χ4n) is 1.36. The second-order valence-corrected chi connectivity index (χ2v) is 5.88. The Morgan fingerprint density at radius 1 is 1.57 bits per heavy atom. The van der Waals surface area contributed by atoms with Crippen molar-refractivity contribution in [3.05, 3.63) is 0 Å². The number of piperidine rings is 1. The van der Waals surface area contributed by atoms with Gasteiger partial charge in [-0.2, -0.15) is 0 Å². The van der Waals surface area contributed by atoms with Crippen LogP contribution in [0.25, 0.3) is 0 Å². The maximum absolute atomic E-state index is 10.8. The van der Waals surface area contributed by atoms with Crippen LogP contribution >= 0.6 is 0 Å². The van der Waals surface area contributed by atoms with Crippen LogP contribution in [0.5, 0.6) is 0 Å². The Hall–Kier alpha value is -0.620. The number of amides is 1. The molecular formula is C8H16N2O3S. The highest BCUT2D eigenvalue weighted by molar-refractivity contribution is 7.90. The lowest BCUT2D eigenvalue weighted by molar-refractivity contribution is -0.122. The fraction of sp³-hybridized carbons (Fsp3) is 0.875. The van der Waals surface area contributed by atoms with Gasteiger partial charge in [0.15, 0.2) is 0 Å². The lowest BCUT2D eigenvalue weighted by Crippen LogP contribution is -2.46. The maximum atomic E-state index is 10.8. The van der Waals surface area contributed by atoms with Gasteiger partial charge in [-0.3, -0.25) is 4.79 Å². The molecule has 1 heterocycles. The summed E-state index contributed by atoms with van der Waals surface area (Å²) in [5.74, 6) is 0.225. The van der Waals surface area contributed by atoms with Crippen molar-refractivity contribution in [3.8, 4) is 0 Å². The van der Waals surface area contributed by atoms with E-state index in [0.717, 1.165) is 6.42 Å². The molecule has 0 aromatic rings. The van der Waals surface area contributed by atoms with Crippen LogP contribution in [0, 0.1) is 0 Å². The minimum atomic E-state index is -2.89. The molecule has 0 aromatic carbocycles. The highest BCUT2D eigenvalue weighted by Gasteiger charge is 2.17. The van der Waals surface area contributed by atoms with Gasteiger partial charge >= 0.3 is 0 Å². The van der Waals surface area contributed by atoms with Crippen molar-refractivity contribution >= 4 is 15.7 Å². The third kappa shape index (κ3) is 4.57. The molecule has 1 aliphatic rings. The first-order chi connectivity index (χ1) is 6.47. The molecule has 0 bridgehead atoms. The van der Waals surface area contributed by atoms with Gasteiger partial charge in [0.1, 0.15) is 9.84 Å². The molecule has 1 atom stereocenters. The van der Waals surface area contributed by atoms with E-state index < -0.39 is 9.84 Å². The van der Waals surface area contributed by atoms with Crippen LogP contribution in [-0.4, -0.2) is 45.5 Å². The monoisotopic (exact) mass is 220 g/mol. The molecule has 2 N–H and O–H groups in total. The average molecular weight is 220 g/mol. The number of hydrogen-bond donors (Lipinski definition) is 2. The van der Waals surface area contributed by atoms with E-state index in [4.69, 9.17) is 0 Å². The van der Waals surface area contributed by atoms with E-state index in [0.29, 0.717) is 19.5 Å². The van der Waals surface area contributed by atoms with Crippen LogP contribution in [0.15, 0.2) is 0 Å². The lowest BCUT2D eigenvalue weighted by atomic mass is 10.1. The zero-order valence-electron chi connectivity index (χ0n) is 8.25. The smallest absolute Gasteiger partial charge is 0.220 e. The zero-order valence-corrected chi connectivity index (χ0v) is 9.06. The molecule has 1 fully saturated rings. The highest BCUT2D eigenvalue weighted by Crippen LogP contribution is 2.01. The van der Waals surface area contributed by atoms with Crippen LogP contribution < -0.4 is 10.6 Å².